The van der Waals surface area contributed by atoms with Gasteiger partial charge in [-0.15, -0.1) is 0 Å². The molecule has 1 heterocycles. The molecule has 0 radical (unpaired) electrons. The minimum atomic E-state index is -0.197. The minimum Gasteiger partial charge on any atom is -0.345 e. The van der Waals surface area contributed by atoms with Crippen molar-refractivity contribution in [3.63, 3.8) is 0 Å². The number of carbonyl (C=O) groups excluding carboxylic acids is 2. The van der Waals surface area contributed by atoms with E-state index in [4.69, 9.17) is 0 Å². The highest BCUT2D eigenvalue weighted by molar-refractivity contribution is 5.99. The van der Waals surface area contributed by atoms with E-state index < -0.39 is 0 Å². The van der Waals surface area contributed by atoms with E-state index in [1.807, 2.05) is 6.92 Å². The first kappa shape index (κ1) is 7.25. The molecule has 1 N–H and O–H groups in total. The number of nitrogens with one attached hydrogen (secondary N) is 1. The fourth-order valence-corrected chi connectivity index (χ4v) is 1.22. The summed E-state index contributed by atoms with van der Waals surface area (Å²) in [6.45, 7) is 3.42. The van der Waals surface area contributed by atoms with Crippen molar-refractivity contribution in [2.45, 2.75) is 26.3 Å². The molecule has 0 bridgehead atoms. The molecule has 0 unspecified atom stereocenters. The van der Waals surface area contributed by atoms with Gasteiger partial charge >= 0.3 is 0 Å². The van der Waals surface area contributed by atoms with Crippen LogP contribution in [0.3, 0.4) is 0 Å². The maximum absolute atomic E-state index is 10.7. The molecule has 2 atom stereocenters. The van der Waals surface area contributed by atoms with E-state index in [1.54, 1.807) is 0 Å². The summed E-state index contributed by atoms with van der Waals surface area (Å²) < 4.78 is 0. The van der Waals surface area contributed by atoms with Gasteiger partial charge in [-0.25, -0.2) is 0 Å². The smallest absolute Gasteiger partial charge is 0.226 e. The van der Waals surface area contributed by atoms with Crippen LogP contribution in [0.15, 0.2) is 0 Å². The average molecular weight is 141 g/mol. The van der Waals surface area contributed by atoms with E-state index in [2.05, 4.69) is 5.32 Å². The molecular weight excluding hydrogens is 130 g/mol. The van der Waals surface area contributed by atoms with Gasteiger partial charge < -0.3 is 5.32 Å². The topological polar surface area (TPSA) is 46.2 Å². The molecule has 3 nitrogen and oxygen atoms in total. The molecule has 3 heteroatoms. The van der Waals surface area contributed by atoms with Crippen LogP contribution in [-0.2, 0) is 9.59 Å². The first-order chi connectivity index (χ1) is 4.66. The number of ketones is 1. The zero-order valence-corrected chi connectivity index (χ0v) is 6.18. The van der Waals surface area contributed by atoms with Gasteiger partial charge in [-0.2, -0.15) is 0 Å². The van der Waals surface area contributed by atoms with Crippen molar-refractivity contribution in [3.8, 4) is 0 Å². The quantitative estimate of drug-likeness (QED) is 0.554. The SMILES string of the molecule is CC[C@@H]1C(=O)N[C@@H]1C(C)=O. The molecule has 1 fully saturated rings. The van der Waals surface area contributed by atoms with Crippen LogP contribution in [0.25, 0.3) is 0 Å². The predicted molar refractivity (Wildman–Crippen MR) is 36.4 cm³/mol. The Hall–Kier alpha value is -0.860. The lowest BCUT2D eigenvalue weighted by Gasteiger charge is -2.33. The standard InChI is InChI=1S/C7H11NO2/c1-3-5-6(4(2)9)8-7(5)10/h5-6H,3H2,1-2H3,(H,8,10)/t5-,6+/m0/s1. The zero-order chi connectivity index (χ0) is 7.72. The van der Waals surface area contributed by atoms with Crippen molar-refractivity contribution < 1.29 is 9.59 Å². The number of Topliss-reactive ketones (excluding diaryl/α,β-unsaturated/α-hetero) is 1. The Morgan fingerprint density at radius 2 is 2.30 bits per heavy atom. The van der Waals surface area contributed by atoms with Crippen molar-refractivity contribution in [2.24, 2.45) is 5.92 Å². The van der Waals surface area contributed by atoms with Crippen LogP contribution in [0, 0.1) is 5.92 Å². The second-order valence-electron chi connectivity index (χ2n) is 2.61. The summed E-state index contributed by atoms with van der Waals surface area (Å²) in [5, 5.41) is 2.55. The Morgan fingerprint density at radius 1 is 1.70 bits per heavy atom. The lowest BCUT2D eigenvalue weighted by molar-refractivity contribution is -0.141. The van der Waals surface area contributed by atoms with Crippen molar-refractivity contribution in [1.82, 2.24) is 5.32 Å². The van der Waals surface area contributed by atoms with Crippen molar-refractivity contribution in [3.05, 3.63) is 0 Å². The molecule has 1 saturated heterocycles. The Balaban J connectivity index is 2.53. The van der Waals surface area contributed by atoms with Crippen LogP contribution in [0.4, 0.5) is 0 Å². The largest absolute Gasteiger partial charge is 0.345 e. The van der Waals surface area contributed by atoms with Gasteiger partial charge in [0.2, 0.25) is 5.91 Å². The second kappa shape index (κ2) is 2.40. The zero-order valence-electron chi connectivity index (χ0n) is 6.18. The molecule has 1 aliphatic heterocycles. The fourth-order valence-electron chi connectivity index (χ4n) is 1.22. The molecule has 0 aromatic carbocycles. The lowest BCUT2D eigenvalue weighted by Crippen LogP contribution is -2.61. The third-order valence-electron chi connectivity index (χ3n) is 1.91. The highest BCUT2D eigenvalue weighted by Gasteiger charge is 2.40. The summed E-state index contributed by atoms with van der Waals surface area (Å²) in [5.74, 6) is 0.0200. The van der Waals surface area contributed by atoms with E-state index in [9.17, 15) is 9.59 Å². The molecule has 0 aromatic rings. The van der Waals surface area contributed by atoms with E-state index in [0.29, 0.717) is 0 Å². The minimum absolute atomic E-state index is 0.0164. The van der Waals surface area contributed by atoms with Gasteiger partial charge in [-0.3, -0.25) is 9.59 Å². The van der Waals surface area contributed by atoms with Gasteiger partial charge in [0.25, 0.3) is 0 Å². The molecule has 0 saturated carbocycles. The van der Waals surface area contributed by atoms with E-state index in [0.717, 1.165) is 6.42 Å². The Morgan fingerprint density at radius 3 is 2.50 bits per heavy atom. The Bertz CT molecular complexity index is 168. The first-order valence-corrected chi connectivity index (χ1v) is 3.47. The third kappa shape index (κ3) is 0.916. The first-order valence-electron chi connectivity index (χ1n) is 3.47. The van der Waals surface area contributed by atoms with E-state index in [1.165, 1.54) is 6.92 Å². The van der Waals surface area contributed by atoms with Gasteiger partial charge in [-0.1, -0.05) is 6.92 Å². The number of carbonyl (C=O) groups is 2. The Kier molecular flexibility index (Phi) is 1.74. The molecular formula is C7H11NO2. The van der Waals surface area contributed by atoms with Gasteiger partial charge in [0.15, 0.2) is 5.78 Å². The summed E-state index contributed by atoms with van der Waals surface area (Å²) in [6, 6.07) is -0.197. The van der Waals surface area contributed by atoms with Crippen LogP contribution in [0.2, 0.25) is 0 Å². The molecule has 1 aliphatic rings. The maximum atomic E-state index is 10.7. The Labute approximate surface area is 59.8 Å². The van der Waals surface area contributed by atoms with Gasteiger partial charge in [0, 0.05) is 0 Å². The number of β-lactam (4-membered cyclic amide) rings is 1. The van der Waals surface area contributed by atoms with Crippen LogP contribution in [0.5, 0.6) is 0 Å². The predicted octanol–water partition coefficient (Wildman–Crippen LogP) is 0.1000. The van der Waals surface area contributed by atoms with Crippen LogP contribution >= 0.6 is 0 Å². The summed E-state index contributed by atoms with van der Waals surface area (Å²) in [4.78, 5) is 21.4. The summed E-state index contributed by atoms with van der Waals surface area (Å²) in [5.41, 5.74) is 0. The van der Waals surface area contributed by atoms with Crippen molar-refractivity contribution in [1.29, 1.82) is 0 Å². The number of hydrogen-bond acceptors (Lipinski definition) is 2. The van der Waals surface area contributed by atoms with Crippen LogP contribution < -0.4 is 5.32 Å². The van der Waals surface area contributed by atoms with Crippen LogP contribution in [0.1, 0.15) is 20.3 Å². The molecule has 0 aliphatic carbocycles. The molecule has 56 valence electrons. The van der Waals surface area contributed by atoms with Crippen molar-refractivity contribution in [2.75, 3.05) is 0 Å². The molecule has 0 aromatic heterocycles. The fraction of sp³-hybridized carbons (Fsp3) is 0.714. The maximum Gasteiger partial charge on any atom is 0.226 e. The summed E-state index contributed by atoms with van der Waals surface area (Å²) >= 11 is 0. The highest BCUT2D eigenvalue weighted by Crippen LogP contribution is 2.18. The average Bonchev–Trinajstić information content (AvgIpc) is 1.83. The number of amides is 1. The molecule has 0 spiro atoms. The normalized spacial score (nSPS) is 30.8. The third-order valence-corrected chi connectivity index (χ3v) is 1.91. The number of hydrogen-bond donors (Lipinski definition) is 1. The summed E-state index contributed by atoms with van der Waals surface area (Å²) in [7, 11) is 0. The highest BCUT2D eigenvalue weighted by atomic mass is 16.2. The molecule has 1 amide bonds. The van der Waals surface area contributed by atoms with Gasteiger partial charge in [0.1, 0.15) is 0 Å². The lowest BCUT2D eigenvalue weighted by atomic mass is 9.86. The van der Waals surface area contributed by atoms with Gasteiger partial charge in [0.05, 0.1) is 12.0 Å². The number of rotatable bonds is 2. The monoisotopic (exact) mass is 141 g/mol. The van der Waals surface area contributed by atoms with Crippen molar-refractivity contribution >= 4 is 11.7 Å². The van der Waals surface area contributed by atoms with Crippen LogP contribution in [-0.4, -0.2) is 17.7 Å². The van der Waals surface area contributed by atoms with E-state index >= 15 is 0 Å². The summed E-state index contributed by atoms with van der Waals surface area (Å²) in [6.07, 6.45) is 0.760. The molecule has 1 rings (SSSR count). The van der Waals surface area contributed by atoms with E-state index in [-0.39, 0.29) is 23.7 Å². The second-order valence-corrected chi connectivity index (χ2v) is 2.61. The van der Waals surface area contributed by atoms with Gasteiger partial charge in [-0.05, 0) is 13.3 Å². The molecule has 10 heavy (non-hydrogen) atoms.